The van der Waals surface area contributed by atoms with Gasteiger partial charge in [-0.1, -0.05) is 42.3 Å². The van der Waals surface area contributed by atoms with Gasteiger partial charge in [0.05, 0.1) is 27.3 Å². The van der Waals surface area contributed by atoms with E-state index in [1.807, 2.05) is 12.1 Å². The van der Waals surface area contributed by atoms with Crippen molar-refractivity contribution in [2.75, 3.05) is 11.9 Å². The molecule has 2 heterocycles. The molecule has 0 atom stereocenters. The maximum absolute atomic E-state index is 6.31. The Bertz CT molecular complexity index is 784. The highest BCUT2D eigenvalue weighted by atomic mass is 35.5. The van der Waals surface area contributed by atoms with Gasteiger partial charge in [0, 0.05) is 12.1 Å². The highest BCUT2D eigenvalue weighted by Gasteiger charge is 2.15. The SMILES string of the molecule is CCCNc1nc(-c2cccc(Cl)c2Cl)c2cn[nH]c2n1. The molecule has 5 nitrogen and oxygen atoms in total. The van der Waals surface area contributed by atoms with Crippen LogP contribution in [0.25, 0.3) is 22.3 Å². The summed E-state index contributed by atoms with van der Waals surface area (Å²) in [6.45, 7) is 2.87. The molecule has 7 heteroatoms. The number of nitrogens with one attached hydrogen (secondary N) is 2. The Morgan fingerprint density at radius 3 is 2.90 bits per heavy atom. The second-order valence-corrected chi connectivity index (χ2v) is 5.34. The van der Waals surface area contributed by atoms with Crippen LogP contribution in [-0.2, 0) is 0 Å². The second-order valence-electron chi connectivity index (χ2n) is 4.56. The average molecular weight is 322 g/mol. The van der Waals surface area contributed by atoms with Crippen LogP contribution in [0, 0.1) is 0 Å². The number of hydrogen-bond donors (Lipinski definition) is 2. The molecule has 0 aliphatic carbocycles. The van der Waals surface area contributed by atoms with Crippen LogP contribution >= 0.6 is 23.2 Å². The fourth-order valence-corrected chi connectivity index (χ4v) is 2.43. The number of H-pyrrole nitrogens is 1. The van der Waals surface area contributed by atoms with Gasteiger partial charge in [0.1, 0.15) is 0 Å². The third-order valence-electron chi connectivity index (χ3n) is 3.05. The lowest BCUT2D eigenvalue weighted by Crippen LogP contribution is -2.05. The molecule has 0 saturated carbocycles. The molecule has 0 aliphatic rings. The van der Waals surface area contributed by atoms with Crippen molar-refractivity contribution < 1.29 is 0 Å². The summed E-state index contributed by atoms with van der Waals surface area (Å²) >= 11 is 12.4. The first-order chi connectivity index (χ1) is 10.2. The molecular formula is C14H13Cl2N5. The zero-order valence-corrected chi connectivity index (χ0v) is 12.8. The van der Waals surface area contributed by atoms with Crippen molar-refractivity contribution in [3.63, 3.8) is 0 Å². The Kier molecular flexibility index (Phi) is 3.94. The lowest BCUT2D eigenvalue weighted by Gasteiger charge is -2.09. The minimum absolute atomic E-state index is 0.474. The van der Waals surface area contributed by atoms with Crippen LogP contribution < -0.4 is 5.32 Å². The number of rotatable bonds is 4. The topological polar surface area (TPSA) is 66.5 Å². The number of benzene rings is 1. The zero-order chi connectivity index (χ0) is 14.8. The summed E-state index contributed by atoms with van der Waals surface area (Å²) in [4.78, 5) is 8.95. The van der Waals surface area contributed by atoms with Crippen molar-refractivity contribution in [1.82, 2.24) is 20.2 Å². The molecular weight excluding hydrogens is 309 g/mol. The third kappa shape index (κ3) is 2.66. The number of anilines is 1. The van der Waals surface area contributed by atoms with Gasteiger partial charge in [-0.05, 0) is 12.5 Å². The molecule has 21 heavy (non-hydrogen) atoms. The van der Waals surface area contributed by atoms with E-state index in [-0.39, 0.29) is 0 Å². The summed E-state index contributed by atoms with van der Waals surface area (Å²) in [7, 11) is 0. The lowest BCUT2D eigenvalue weighted by molar-refractivity contribution is 0.955. The summed E-state index contributed by atoms with van der Waals surface area (Å²) in [5.41, 5.74) is 2.13. The molecule has 0 saturated heterocycles. The van der Waals surface area contributed by atoms with Crippen molar-refractivity contribution in [3.05, 3.63) is 34.4 Å². The van der Waals surface area contributed by atoms with Crippen LogP contribution in [0.4, 0.5) is 5.95 Å². The van der Waals surface area contributed by atoms with Gasteiger partial charge in [-0.25, -0.2) is 4.98 Å². The molecule has 3 aromatic rings. The maximum Gasteiger partial charge on any atom is 0.225 e. The second kappa shape index (κ2) is 5.87. The van der Waals surface area contributed by atoms with E-state index in [9.17, 15) is 0 Å². The number of nitrogens with zero attached hydrogens (tertiary/aromatic N) is 3. The summed E-state index contributed by atoms with van der Waals surface area (Å²) in [6.07, 6.45) is 2.67. The summed E-state index contributed by atoms with van der Waals surface area (Å²) in [5, 5.41) is 11.8. The van der Waals surface area contributed by atoms with Crippen LogP contribution in [-0.4, -0.2) is 26.7 Å². The first-order valence-electron chi connectivity index (χ1n) is 6.60. The molecule has 0 spiro atoms. The molecule has 2 N–H and O–H groups in total. The first-order valence-corrected chi connectivity index (χ1v) is 7.35. The Balaban J connectivity index is 2.20. The van der Waals surface area contributed by atoms with Crippen LogP contribution in [0.1, 0.15) is 13.3 Å². The minimum atomic E-state index is 0.474. The quantitative estimate of drug-likeness (QED) is 0.757. The van der Waals surface area contributed by atoms with Crippen LogP contribution in [0.3, 0.4) is 0 Å². The lowest BCUT2D eigenvalue weighted by atomic mass is 10.1. The van der Waals surface area contributed by atoms with Crippen LogP contribution in [0.2, 0.25) is 10.0 Å². The fraction of sp³-hybridized carbons (Fsp3) is 0.214. The van der Waals surface area contributed by atoms with Gasteiger partial charge in [0.15, 0.2) is 5.65 Å². The van der Waals surface area contributed by atoms with Crippen LogP contribution in [0.5, 0.6) is 0 Å². The Hall–Kier alpha value is -1.85. The van der Waals surface area contributed by atoms with E-state index >= 15 is 0 Å². The standard InChI is InChI=1S/C14H13Cl2N5/c1-2-6-17-14-19-12(9-7-18-21-13(9)20-14)8-4-3-5-10(15)11(8)16/h3-5,7H,2,6H2,1H3,(H2,17,18,19,20,21). The maximum atomic E-state index is 6.31. The number of halogens is 2. The number of aromatic nitrogens is 4. The smallest absolute Gasteiger partial charge is 0.225 e. The van der Waals surface area contributed by atoms with Gasteiger partial charge in [-0.15, -0.1) is 0 Å². The van der Waals surface area contributed by atoms with Gasteiger partial charge < -0.3 is 5.32 Å². The zero-order valence-electron chi connectivity index (χ0n) is 11.3. The van der Waals surface area contributed by atoms with Gasteiger partial charge in [-0.2, -0.15) is 10.1 Å². The van der Waals surface area contributed by atoms with Crippen molar-refractivity contribution in [2.24, 2.45) is 0 Å². The summed E-state index contributed by atoms with van der Waals surface area (Å²) < 4.78 is 0. The Morgan fingerprint density at radius 1 is 1.24 bits per heavy atom. The van der Waals surface area contributed by atoms with Gasteiger partial charge in [-0.3, -0.25) is 5.10 Å². The largest absolute Gasteiger partial charge is 0.354 e. The van der Waals surface area contributed by atoms with Gasteiger partial charge in [0.25, 0.3) is 0 Å². The molecule has 0 radical (unpaired) electrons. The number of fused-ring (bicyclic) bond motifs is 1. The molecule has 0 unspecified atom stereocenters. The van der Waals surface area contributed by atoms with Crippen molar-refractivity contribution in [2.45, 2.75) is 13.3 Å². The van der Waals surface area contributed by atoms with E-state index < -0.39 is 0 Å². The highest BCUT2D eigenvalue weighted by Crippen LogP contribution is 2.35. The van der Waals surface area contributed by atoms with E-state index in [4.69, 9.17) is 23.2 Å². The Morgan fingerprint density at radius 2 is 2.10 bits per heavy atom. The van der Waals surface area contributed by atoms with Crippen LogP contribution in [0.15, 0.2) is 24.4 Å². The van der Waals surface area contributed by atoms with E-state index in [1.165, 1.54) is 0 Å². The molecule has 108 valence electrons. The molecule has 2 aromatic heterocycles. The predicted molar refractivity (Wildman–Crippen MR) is 85.9 cm³/mol. The number of hydrogen-bond acceptors (Lipinski definition) is 4. The third-order valence-corrected chi connectivity index (χ3v) is 3.87. The van der Waals surface area contributed by atoms with Gasteiger partial charge >= 0.3 is 0 Å². The molecule has 1 aromatic carbocycles. The highest BCUT2D eigenvalue weighted by molar-refractivity contribution is 6.43. The first kappa shape index (κ1) is 14.1. The summed E-state index contributed by atoms with van der Waals surface area (Å²) in [6, 6.07) is 5.47. The average Bonchev–Trinajstić information content (AvgIpc) is 2.95. The van der Waals surface area contributed by atoms with E-state index in [0.29, 0.717) is 27.3 Å². The number of aromatic amines is 1. The molecule has 0 aliphatic heterocycles. The van der Waals surface area contributed by atoms with Crippen molar-refractivity contribution >= 4 is 40.2 Å². The van der Waals surface area contributed by atoms with E-state index in [1.54, 1.807) is 12.3 Å². The molecule has 0 bridgehead atoms. The van der Waals surface area contributed by atoms with E-state index in [2.05, 4.69) is 32.4 Å². The molecule has 0 amide bonds. The fourth-order valence-electron chi connectivity index (χ4n) is 2.04. The molecule has 3 rings (SSSR count). The monoisotopic (exact) mass is 321 g/mol. The Labute approximate surface area is 131 Å². The van der Waals surface area contributed by atoms with Gasteiger partial charge in [0.2, 0.25) is 5.95 Å². The summed E-state index contributed by atoms with van der Waals surface area (Å²) in [5.74, 6) is 0.541. The van der Waals surface area contributed by atoms with Crippen molar-refractivity contribution in [3.8, 4) is 11.3 Å². The van der Waals surface area contributed by atoms with Crippen molar-refractivity contribution in [1.29, 1.82) is 0 Å². The molecule has 0 fully saturated rings. The normalized spacial score (nSPS) is 11.0. The predicted octanol–water partition coefficient (Wildman–Crippen LogP) is 4.15. The van der Waals surface area contributed by atoms with E-state index in [0.717, 1.165) is 23.9 Å². The minimum Gasteiger partial charge on any atom is -0.354 e.